The molecule has 0 spiro atoms. The zero-order valence-electron chi connectivity index (χ0n) is 13.9. The zero-order chi connectivity index (χ0) is 16.8. The standard InChI is InChI=1S/C18H22N4OS/c1-14-3-5-15(6-4-14)16-20-17(22-21-16)24-12-2-7-18(13-19)8-10-23-11-9-18/h3-6H,2,7-12H2,1H3,(H,20,21,22). The monoisotopic (exact) mass is 342 g/mol. The molecule has 1 aromatic carbocycles. The van der Waals surface area contributed by atoms with Crippen LogP contribution in [0.5, 0.6) is 0 Å². The molecule has 0 atom stereocenters. The number of thioether (sulfide) groups is 1. The number of hydrogen-bond donors (Lipinski definition) is 1. The number of rotatable bonds is 6. The molecule has 5 nitrogen and oxygen atoms in total. The molecule has 0 amide bonds. The lowest BCUT2D eigenvalue weighted by Crippen LogP contribution is -2.28. The van der Waals surface area contributed by atoms with Crippen LogP contribution in [0.15, 0.2) is 29.4 Å². The number of hydrogen-bond acceptors (Lipinski definition) is 5. The van der Waals surface area contributed by atoms with Crippen LogP contribution in [0.2, 0.25) is 0 Å². The van der Waals surface area contributed by atoms with Crippen molar-refractivity contribution >= 4 is 11.8 Å². The molecular formula is C18H22N4OS. The Morgan fingerprint density at radius 3 is 2.75 bits per heavy atom. The molecular weight excluding hydrogens is 320 g/mol. The van der Waals surface area contributed by atoms with Crippen LogP contribution >= 0.6 is 11.8 Å². The molecule has 1 saturated heterocycles. The van der Waals surface area contributed by atoms with Gasteiger partial charge < -0.3 is 4.74 Å². The Balaban J connectivity index is 1.49. The van der Waals surface area contributed by atoms with E-state index in [0.717, 1.165) is 48.0 Å². The Morgan fingerprint density at radius 2 is 2.04 bits per heavy atom. The van der Waals surface area contributed by atoms with Crippen molar-refractivity contribution in [2.24, 2.45) is 5.41 Å². The first-order valence-corrected chi connectivity index (χ1v) is 9.31. The molecule has 0 saturated carbocycles. The van der Waals surface area contributed by atoms with Crippen LogP contribution in [0.4, 0.5) is 0 Å². The summed E-state index contributed by atoms with van der Waals surface area (Å²) in [6, 6.07) is 10.8. The number of aromatic amines is 1. The van der Waals surface area contributed by atoms with Crippen molar-refractivity contribution < 1.29 is 4.74 Å². The van der Waals surface area contributed by atoms with Gasteiger partial charge in [-0.15, -0.1) is 5.10 Å². The second kappa shape index (κ2) is 7.82. The highest BCUT2D eigenvalue weighted by atomic mass is 32.2. The van der Waals surface area contributed by atoms with Crippen LogP contribution in [0, 0.1) is 23.7 Å². The highest BCUT2D eigenvalue weighted by molar-refractivity contribution is 7.99. The van der Waals surface area contributed by atoms with Crippen LogP contribution in [-0.2, 0) is 4.74 Å². The molecule has 1 aliphatic rings. The fraction of sp³-hybridized carbons (Fsp3) is 0.500. The van der Waals surface area contributed by atoms with E-state index in [4.69, 9.17) is 4.74 Å². The summed E-state index contributed by atoms with van der Waals surface area (Å²) in [7, 11) is 0. The average Bonchev–Trinajstić information content (AvgIpc) is 3.09. The molecule has 6 heteroatoms. The Kier molecular flexibility index (Phi) is 5.54. The Morgan fingerprint density at radius 1 is 1.29 bits per heavy atom. The van der Waals surface area contributed by atoms with Gasteiger partial charge in [0.2, 0.25) is 5.16 Å². The van der Waals surface area contributed by atoms with E-state index in [0.29, 0.717) is 13.2 Å². The molecule has 2 heterocycles. The van der Waals surface area contributed by atoms with Crippen molar-refractivity contribution in [2.75, 3.05) is 19.0 Å². The van der Waals surface area contributed by atoms with Crippen LogP contribution in [-0.4, -0.2) is 34.1 Å². The van der Waals surface area contributed by atoms with Gasteiger partial charge in [0.25, 0.3) is 0 Å². The number of ether oxygens (including phenoxy) is 1. The van der Waals surface area contributed by atoms with Crippen LogP contribution in [0.3, 0.4) is 0 Å². The molecule has 1 N–H and O–H groups in total. The maximum absolute atomic E-state index is 9.46. The summed E-state index contributed by atoms with van der Waals surface area (Å²) in [6.07, 6.45) is 3.63. The van der Waals surface area contributed by atoms with Gasteiger partial charge in [0.15, 0.2) is 5.82 Å². The minimum Gasteiger partial charge on any atom is -0.381 e. The fourth-order valence-corrected chi connectivity index (χ4v) is 3.64. The Labute approximate surface area is 146 Å². The minimum atomic E-state index is -0.190. The van der Waals surface area contributed by atoms with Crippen molar-refractivity contribution in [1.29, 1.82) is 5.26 Å². The third-order valence-corrected chi connectivity index (χ3v) is 5.44. The summed E-state index contributed by atoms with van der Waals surface area (Å²) < 4.78 is 5.37. The van der Waals surface area contributed by atoms with Gasteiger partial charge in [-0.3, -0.25) is 5.10 Å². The first-order valence-electron chi connectivity index (χ1n) is 8.32. The number of nitrogens with zero attached hydrogens (tertiary/aromatic N) is 3. The Hall–Kier alpha value is -1.84. The second-order valence-corrected chi connectivity index (χ2v) is 7.35. The van der Waals surface area contributed by atoms with Gasteiger partial charge >= 0.3 is 0 Å². The number of H-pyrrole nitrogens is 1. The number of aromatic nitrogens is 3. The number of nitriles is 1. The van der Waals surface area contributed by atoms with Crippen molar-refractivity contribution in [3.05, 3.63) is 29.8 Å². The van der Waals surface area contributed by atoms with E-state index in [1.54, 1.807) is 11.8 Å². The smallest absolute Gasteiger partial charge is 0.208 e. The zero-order valence-corrected chi connectivity index (χ0v) is 14.7. The fourth-order valence-electron chi connectivity index (χ4n) is 2.91. The van der Waals surface area contributed by atoms with Gasteiger partial charge in [-0.05, 0) is 32.6 Å². The second-order valence-electron chi connectivity index (χ2n) is 6.29. The number of aryl methyl sites for hydroxylation is 1. The molecule has 0 bridgehead atoms. The van der Waals surface area contributed by atoms with Gasteiger partial charge in [0.05, 0.1) is 11.5 Å². The molecule has 24 heavy (non-hydrogen) atoms. The van der Waals surface area contributed by atoms with E-state index >= 15 is 0 Å². The predicted molar refractivity (Wildman–Crippen MR) is 94.6 cm³/mol. The summed E-state index contributed by atoms with van der Waals surface area (Å²) >= 11 is 1.64. The highest BCUT2D eigenvalue weighted by Crippen LogP contribution is 2.35. The van der Waals surface area contributed by atoms with E-state index in [2.05, 4.69) is 40.3 Å². The van der Waals surface area contributed by atoms with Crippen LogP contribution in [0.25, 0.3) is 11.4 Å². The number of benzene rings is 1. The normalized spacial score (nSPS) is 16.7. The predicted octanol–water partition coefficient (Wildman–Crippen LogP) is 3.97. The van der Waals surface area contributed by atoms with E-state index in [9.17, 15) is 5.26 Å². The van der Waals surface area contributed by atoms with Crippen LogP contribution < -0.4 is 0 Å². The van der Waals surface area contributed by atoms with Crippen molar-refractivity contribution in [2.45, 2.75) is 37.8 Å². The van der Waals surface area contributed by atoms with Gasteiger partial charge in [-0.1, -0.05) is 41.6 Å². The minimum absolute atomic E-state index is 0.190. The third-order valence-electron chi connectivity index (χ3n) is 4.51. The lowest BCUT2D eigenvalue weighted by Gasteiger charge is -2.30. The molecule has 0 radical (unpaired) electrons. The SMILES string of the molecule is Cc1ccc(-c2nc(SCCCC3(C#N)CCOCC3)n[nH]2)cc1. The van der Waals surface area contributed by atoms with Gasteiger partial charge in [0.1, 0.15) is 0 Å². The molecule has 1 aromatic heterocycles. The van der Waals surface area contributed by atoms with Crippen molar-refractivity contribution in [3.63, 3.8) is 0 Å². The largest absolute Gasteiger partial charge is 0.381 e. The van der Waals surface area contributed by atoms with E-state index in [-0.39, 0.29) is 5.41 Å². The molecule has 1 aliphatic heterocycles. The first-order chi connectivity index (χ1) is 11.7. The van der Waals surface area contributed by atoms with Crippen molar-refractivity contribution in [1.82, 2.24) is 15.2 Å². The third kappa shape index (κ3) is 4.16. The lowest BCUT2D eigenvalue weighted by atomic mass is 9.78. The molecule has 2 aromatic rings. The maximum atomic E-state index is 9.46. The lowest BCUT2D eigenvalue weighted by molar-refractivity contribution is 0.0368. The summed E-state index contributed by atoms with van der Waals surface area (Å²) in [5.74, 6) is 1.73. The quantitative estimate of drug-likeness (QED) is 0.635. The van der Waals surface area contributed by atoms with Gasteiger partial charge in [-0.2, -0.15) is 5.26 Å². The van der Waals surface area contributed by atoms with E-state index in [1.165, 1.54) is 5.56 Å². The first kappa shape index (κ1) is 17.0. The highest BCUT2D eigenvalue weighted by Gasteiger charge is 2.31. The van der Waals surface area contributed by atoms with Gasteiger partial charge in [0, 0.05) is 24.5 Å². The molecule has 3 rings (SSSR count). The summed E-state index contributed by atoms with van der Waals surface area (Å²) in [5.41, 5.74) is 2.09. The summed E-state index contributed by atoms with van der Waals surface area (Å²) in [4.78, 5) is 4.54. The number of nitrogens with one attached hydrogen (secondary N) is 1. The van der Waals surface area contributed by atoms with Crippen molar-refractivity contribution in [3.8, 4) is 17.5 Å². The molecule has 0 aliphatic carbocycles. The summed E-state index contributed by atoms with van der Waals surface area (Å²) in [6.45, 7) is 3.49. The molecule has 0 unspecified atom stereocenters. The maximum Gasteiger partial charge on any atom is 0.208 e. The van der Waals surface area contributed by atoms with Gasteiger partial charge in [-0.25, -0.2) is 4.98 Å². The topological polar surface area (TPSA) is 74.6 Å². The van der Waals surface area contributed by atoms with E-state index in [1.807, 2.05) is 12.1 Å². The summed E-state index contributed by atoms with van der Waals surface area (Å²) in [5, 5.41) is 17.5. The average molecular weight is 342 g/mol. The molecule has 126 valence electrons. The molecule has 1 fully saturated rings. The van der Waals surface area contributed by atoms with E-state index < -0.39 is 0 Å². The Bertz CT molecular complexity index is 699. The van der Waals surface area contributed by atoms with Crippen LogP contribution in [0.1, 0.15) is 31.2 Å².